The van der Waals surface area contributed by atoms with Gasteiger partial charge in [0.05, 0.1) is 11.9 Å². The second-order valence-corrected chi connectivity index (χ2v) is 8.99. The molecule has 0 aliphatic carbocycles. The van der Waals surface area contributed by atoms with Crippen LogP contribution in [0, 0.1) is 19.7 Å². The molecule has 2 aromatic carbocycles. The van der Waals surface area contributed by atoms with E-state index in [9.17, 15) is 17.6 Å². The molecule has 0 aliphatic rings. The average molecular weight is 407 g/mol. The summed E-state index contributed by atoms with van der Waals surface area (Å²) >= 11 is 0. The van der Waals surface area contributed by atoms with Crippen LogP contribution in [-0.2, 0) is 21.2 Å². The van der Waals surface area contributed by atoms with E-state index in [-0.39, 0.29) is 17.5 Å². The van der Waals surface area contributed by atoms with Gasteiger partial charge in [-0.2, -0.15) is 0 Å². The number of aryl methyl sites for hydroxylation is 2. The normalized spacial score (nSPS) is 12.5. The van der Waals surface area contributed by atoms with E-state index < -0.39 is 15.8 Å². The van der Waals surface area contributed by atoms with Gasteiger partial charge in [-0.3, -0.25) is 9.52 Å². The lowest BCUT2D eigenvalue weighted by molar-refractivity contribution is -0.121. The number of carbonyl (C=O) groups excluding carboxylic acids is 1. The van der Waals surface area contributed by atoms with Crippen molar-refractivity contribution in [2.24, 2.45) is 0 Å². The minimum atomic E-state index is -3.53. The molecule has 2 aromatic rings. The van der Waals surface area contributed by atoms with Gasteiger partial charge in [0, 0.05) is 13.0 Å². The maximum absolute atomic E-state index is 14.0. The van der Waals surface area contributed by atoms with Crippen molar-refractivity contribution in [3.8, 4) is 0 Å². The lowest BCUT2D eigenvalue weighted by Gasteiger charge is -2.14. The molecule has 0 bridgehead atoms. The van der Waals surface area contributed by atoms with Crippen LogP contribution < -0.4 is 10.0 Å². The summed E-state index contributed by atoms with van der Waals surface area (Å²) in [4.78, 5) is 12.2. The number of nitrogens with one attached hydrogen (secondary N) is 2. The molecule has 28 heavy (non-hydrogen) atoms. The molecule has 0 radical (unpaired) electrons. The molecule has 0 saturated heterocycles. The molecular weight excluding hydrogens is 379 g/mol. The summed E-state index contributed by atoms with van der Waals surface area (Å²) in [6.45, 7) is 6.52. The van der Waals surface area contributed by atoms with Crippen molar-refractivity contribution in [2.45, 2.75) is 39.5 Å². The van der Waals surface area contributed by atoms with Gasteiger partial charge in [-0.1, -0.05) is 31.2 Å². The zero-order chi connectivity index (χ0) is 20.9. The van der Waals surface area contributed by atoms with Crippen molar-refractivity contribution in [3.63, 3.8) is 0 Å². The summed E-state index contributed by atoms with van der Waals surface area (Å²) in [5, 5.41) is 2.86. The highest BCUT2D eigenvalue weighted by Gasteiger charge is 2.12. The van der Waals surface area contributed by atoms with Gasteiger partial charge in [0.2, 0.25) is 15.9 Å². The first-order chi connectivity index (χ1) is 13.0. The summed E-state index contributed by atoms with van der Waals surface area (Å²) in [7, 11) is -3.53. The van der Waals surface area contributed by atoms with Crippen molar-refractivity contribution in [1.82, 2.24) is 5.32 Å². The third-order valence-corrected chi connectivity index (χ3v) is 5.25. The van der Waals surface area contributed by atoms with Crippen molar-refractivity contribution >= 4 is 21.6 Å². The van der Waals surface area contributed by atoms with Gasteiger partial charge in [-0.05, 0) is 60.6 Å². The number of anilines is 1. The molecule has 2 N–H and O–H groups in total. The summed E-state index contributed by atoms with van der Waals surface area (Å²) in [6.07, 6.45) is 1.81. The van der Waals surface area contributed by atoms with Gasteiger partial charge in [0.1, 0.15) is 5.82 Å². The van der Waals surface area contributed by atoms with Gasteiger partial charge in [-0.15, -0.1) is 0 Å². The Balaban J connectivity index is 1.84. The number of halogens is 1. The first-order valence-corrected chi connectivity index (χ1v) is 11.0. The van der Waals surface area contributed by atoms with Crippen molar-refractivity contribution < 1.29 is 17.6 Å². The Labute approximate surface area is 166 Å². The number of carbonyl (C=O) groups is 1. The predicted octanol–water partition coefficient (Wildman–Crippen LogP) is 3.67. The van der Waals surface area contributed by atoms with Gasteiger partial charge >= 0.3 is 0 Å². The number of rotatable bonds is 8. The molecule has 7 heteroatoms. The maximum Gasteiger partial charge on any atom is 0.229 e. The third-order valence-electron chi connectivity index (χ3n) is 4.66. The van der Waals surface area contributed by atoms with Crippen LogP contribution in [0.4, 0.5) is 10.1 Å². The van der Waals surface area contributed by atoms with Crippen molar-refractivity contribution in [1.29, 1.82) is 0 Å². The van der Waals surface area contributed by atoms with E-state index in [2.05, 4.69) is 42.1 Å². The van der Waals surface area contributed by atoms with E-state index in [1.807, 2.05) is 6.92 Å². The maximum atomic E-state index is 14.0. The van der Waals surface area contributed by atoms with Gasteiger partial charge in [-0.25, -0.2) is 12.8 Å². The standard InChI is InChI=1S/C21H27FN2O3S/c1-14-5-7-18(11-15(14)2)16(3)12-21(25)23-10-9-17-6-8-20(19(22)13-17)24-28(4,26)27/h5-8,11,13,16,24H,9-10,12H2,1-4H3,(H,23,25). The molecule has 0 saturated carbocycles. The van der Waals surface area contributed by atoms with Crippen LogP contribution in [-0.4, -0.2) is 27.1 Å². The highest BCUT2D eigenvalue weighted by Crippen LogP contribution is 2.21. The fourth-order valence-electron chi connectivity index (χ4n) is 2.88. The van der Waals surface area contributed by atoms with Crippen molar-refractivity contribution in [3.05, 3.63) is 64.5 Å². The van der Waals surface area contributed by atoms with Crippen LogP contribution in [0.1, 0.15) is 41.5 Å². The quantitative estimate of drug-likeness (QED) is 0.702. The summed E-state index contributed by atoms with van der Waals surface area (Å²) < 4.78 is 38.5. The zero-order valence-corrected chi connectivity index (χ0v) is 17.5. The summed E-state index contributed by atoms with van der Waals surface area (Å²) in [5.74, 6) is -0.586. The largest absolute Gasteiger partial charge is 0.356 e. The lowest BCUT2D eigenvalue weighted by atomic mass is 9.94. The van der Waals surface area contributed by atoms with Crippen molar-refractivity contribution in [2.75, 3.05) is 17.5 Å². The molecule has 1 amide bonds. The van der Waals surface area contributed by atoms with Crippen LogP contribution in [0.5, 0.6) is 0 Å². The highest BCUT2D eigenvalue weighted by molar-refractivity contribution is 7.92. The second-order valence-electron chi connectivity index (χ2n) is 7.24. The molecule has 0 fully saturated rings. The highest BCUT2D eigenvalue weighted by atomic mass is 32.2. The Hall–Kier alpha value is -2.41. The van der Waals surface area contributed by atoms with E-state index in [1.165, 1.54) is 23.3 Å². The van der Waals surface area contributed by atoms with Crippen LogP contribution >= 0.6 is 0 Å². The fraction of sp³-hybridized carbons (Fsp3) is 0.381. The minimum absolute atomic E-state index is 0.0541. The molecule has 0 heterocycles. The molecular formula is C21H27FN2O3S. The van der Waals surface area contributed by atoms with E-state index in [0.717, 1.165) is 11.8 Å². The predicted molar refractivity (Wildman–Crippen MR) is 111 cm³/mol. The Bertz CT molecular complexity index is 958. The second kappa shape index (κ2) is 9.19. The van der Waals surface area contributed by atoms with Gasteiger partial charge in [0.15, 0.2) is 0 Å². The van der Waals surface area contributed by atoms with Gasteiger partial charge < -0.3 is 5.32 Å². The third kappa shape index (κ3) is 6.64. The summed E-state index contributed by atoms with van der Waals surface area (Å²) in [5.41, 5.74) is 4.16. The zero-order valence-electron chi connectivity index (χ0n) is 16.7. The lowest BCUT2D eigenvalue weighted by Crippen LogP contribution is -2.26. The topological polar surface area (TPSA) is 75.3 Å². The number of amides is 1. The molecule has 2 rings (SSSR count). The molecule has 1 atom stereocenters. The SMILES string of the molecule is Cc1ccc(C(C)CC(=O)NCCc2ccc(NS(C)(=O)=O)c(F)c2)cc1C. The number of hydrogen-bond acceptors (Lipinski definition) is 3. The molecule has 0 aliphatic heterocycles. The monoisotopic (exact) mass is 406 g/mol. The van der Waals surface area contributed by atoms with E-state index in [0.29, 0.717) is 24.9 Å². The Morgan fingerprint density at radius 3 is 2.43 bits per heavy atom. The van der Waals surface area contributed by atoms with E-state index in [1.54, 1.807) is 6.07 Å². The van der Waals surface area contributed by atoms with Crippen LogP contribution in [0.25, 0.3) is 0 Å². The Morgan fingerprint density at radius 2 is 1.82 bits per heavy atom. The molecule has 5 nitrogen and oxygen atoms in total. The molecule has 152 valence electrons. The number of benzene rings is 2. The first kappa shape index (κ1) is 21.9. The van der Waals surface area contributed by atoms with E-state index >= 15 is 0 Å². The minimum Gasteiger partial charge on any atom is -0.356 e. The van der Waals surface area contributed by atoms with Crippen LogP contribution in [0.3, 0.4) is 0 Å². The number of hydrogen-bond donors (Lipinski definition) is 2. The summed E-state index contributed by atoms with van der Waals surface area (Å²) in [6, 6.07) is 10.5. The Morgan fingerprint density at radius 1 is 1.11 bits per heavy atom. The van der Waals surface area contributed by atoms with Crippen LogP contribution in [0.15, 0.2) is 36.4 Å². The first-order valence-electron chi connectivity index (χ1n) is 9.15. The molecule has 0 spiro atoms. The smallest absolute Gasteiger partial charge is 0.229 e. The molecule has 0 aromatic heterocycles. The number of sulfonamides is 1. The Kier molecular flexibility index (Phi) is 7.18. The van der Waals surface area contributed by atoms with Gasteiger partial charge in [0.25, 0.3) is 0 Å². The van der Waals surface area contributed by atoms with Crippen LogP contribution in [0.2, 0.25) is 0 Å². The average Bonchev–Trinajstić information content (AvgIpc) is 2.58. The molecule has 1 unspecified atom stereocenters. The fourth-order valence-corrected chi connectivity index (χ4v) is 3.45. The van der Waals surface area contributed by atoms with E-state index in [4.69, 9.17) is 0 Å².